The fraction of sp³-hybridized carbons (Fsp3) is 0.400. The highest BCUT2D eigenvalue weighted by molar-refractivity contribution is 7.84. The highest BCUT2D eigenvalue weighted by Gasteiger charge is 2.59. The van der Waals surface area contributed by atoms with E-state index in [1.165, 1.54) is 12.5 Å². The second kappa shape index (κ2) is 6.31. The van der Waals surface area contributed by atoms with Gasteiger partial charge in [0.05, 0.1) is 6.54 Å². The molecule has 24 heavy (non-hydrogen) atoms. The quantitative estimate of drug-likeness (QED) is 0.169. The molecule has 0 spiro atoms. The van der Waals surface area contributed by atoms with E-state index in [-0.39, 0.29) is 20.8 Å². The molecule has 1 atom stereocenters. The largest absolute Gasteiger partial charge is 0.398 e. The minimum atomic E-state index is -4.74. The number of nitrogens with one attached hydrogen (secondary N) is 1. The molecular formula is C10H13N5O7S2. The molecule has 0 aromatic carbocycles. The predicted octanol–water partition coefficient (Wildman–Crippen LogP) is -1.82. The summed E-state index contributed by atoms with van der Waals surface area (Å²) >= 11 is 1.06. The molecule has 132 valence electrons. The maximum absolute atomic E-state index is 12.4. The third kappa shape index (κ3) is 3.16. The number of carbonyl (C=O) groups is 2. The lowest BCUT2D eigenvalue weighted by atomic mass is 10.1. The van der Waals surface area contributed by atoms with E-state index in [1.807, 2.05) is 0 Å². The lowest BCUT2D eigenvalue weighted by molar-refractivity contribution is -0.178. The van der Waals surface area contributed by atoms with Crippen molar-refractivity contribution in [1.29, 1.82) is 0 Å². The van der Waals surface area contributed by atoms with Crippen molar-refractivity contribution in [2.45, 2.75) is 5.72 Å². The van der Waals surface area contributed by atoms with Crippen molar-refractivity contribution in [1.82, 2.24) is 14.6 Å². The lowest BCUT2D eigenvalue weighted by Gasteiger charge is -2.44. The van der Waals surface area contributed by atoms with Crippen LogP contribution >= 0.6 is 11.3 Å². The summed E-state index contributed by atoms with van der Waals surface area (Å²) in [6, 6.07) is 0. The van der Waals surface area contributed by atoms with Crippen LogP contribution in [0.3, 0.4) is 0 Å². The number of aromatic nitrogens is 1. The first-order valence-corrected chi connectivity index (χ1v) is 8.42. The Morgan fingerprint density at radius 1 is 1.58 bits per heavy atom. The third-order valence-electron chi connectivity index (χ3n) is 3.04. The highest BCUT2D eigenvalue weighted by Crippen LogP contribution is 2.26. The number of carbonyl (C=O) groups excluding carboxylic acids is 2. The van der Waals surface area contributed by atoms with E-state index >= 15 is 0 Å². The van der Waals surface area contributed by atoms with Gasteiger partial charge in [-0.05, 0) is 0 Å². The fourth-order valence-corrected chi connectivity index (χ4v) is 3.12. The van der Waals surface area contributed by atoms with Gasteiger partial charge in [-0.25, -0.2) is 9.29 Å². The van der Waals surface area contributed by atoms with Gasteiger partial charge in [0.2, 0.25) is 5.72 Å². The number of nitrogens with two attached hydrogens (primary N) is 1. The standard InChI is InChI=1S/C10H13N5O7S2/c1-21-10(4-15(8(10)17)24(18,19)20)13-7(16)6(14-22-2)5-3-23-9(11)12-5/h3H,4H2,1-2H3,(H2,11,12)(H,13,16)(H,18,19,20). The molecule has 1 aromatic rings. The molecule has 0 saturated carbocycles. The molecule has 2 rings (SSSR count). The van der Waals surface area contributed by atoms with Crippen LogP contribution in [0.15, 0.2) is 10.5 Å². The summed E-state index contributed by atoms with van der Waals surface area (Å²) in [7, 11) is -2.45. The molecule has 1 saturated heterocycles. The average Bonchev–Trinajstić information content (AvgIpc) is 2.92. The van der Waals surface area contributed by atoms with Crippen LogP contribution in [0.2, 0.25) is 0 Å². The van der Waals surface area contributed by atoms with Crippen LogP contribution < -0.4 is 11.1 Å². The molecule has 1 aliphatic rings. The zero-order valence-electron chi connectivity index (χ0n) is 12.4. The minimum absolute atomic E-state index is 0.0986. The number of methoxy groups -OCH3 is 1. The van der Waals surface area contributed by atoms with Crippen molar-refractivity contribution in [3.8, 4) is 0 Å². The smallest absolute Gasteiger partial charge is 0.362 e. The topological polar surface area (TPSA) is 174 Å². The van der Waals surface area contributed by atoms with Crippen LogP contribution in [-0.2, 0) is 29.5 Å². The molecule has 4 N–H and O–H groups in total. The zero-order valence-corrected chi connectivity index (χ0v) is 14.0. The Labute approximate surface area is 140 Å². The van der Waals surface area contributed by atoms with Gasteiger partial charge in [-0.15, -0.1) is 11.3 Å². The highest BCUT2D eigenvalue weighted by atomic mass is 32.2. The molecule has 0 bridgehead atoms. The molecule has 1 fully saturated rings. The summed E-state index contributed by atoms with van der Waals surface area (Å²) in [4.78, 5) is 32.8. The summed E-state index contributed by atoms with van der Waals surface area (Å²) in [5, 5.41) is 7.36. The monoisotopic (exact) mass is 379 g/mol. The Morgan fingerprint density at radius 2 is 2.25 bits per heavy atom. The summed E-state index contributed by atoms with van der Waals surface area (Å²) < 4.78 is 35.9. The summed E-state index contributed by atoms with van der Waals surface area (Å²) in [6.07, 6.45) is 0. The Kier molecular flexibility index (Phi) is 4.75. The average molecular weight is 379 g/mol. The lowest BCUT2D eigenvalue weighted by Crippen LogP contribution is -2.76. The van der Waals surface area contributed by atoms with Gasteiger partial charge in [-0.2, -0.15) is 8.42 Å². The van der Waals surface area contributed by atoms with Gasteiger partial charge < -0.3 is 20.6 Å². The fourth-order valence-electron chi connectivity index (χ4n) is 1.87. The van der Waals surface area contributed by atoms with Crippen molar-refractivity contribution in [3.05, 3.63) is 11.1 Å². The summed E-state index contributed by atoms with van der Waals surface area (Å²) in [5.74, 6) is -2.07. The first-order chi connectivity index (χ1) is 11.1. The van der Waals surface area contributed by atoms with E-state index in [2.05, 4.69) is 20.3 Å². The summed E-state index contributed by atoms with van der Waals surface area (Å²) in [5.41, 5.74) is 3.34. The van der Waals surface area contributed by atoms with E-state index in [0.717, 1.165) is 18.4 Å². The van der Waals surface area contributed by atoms with Crippen molar-refractivity contribution in [2.24, 2.45) is 5.16 Å². The molecule has 2 amide bonds. The number of anilines is 1. The molecule has 1 aliphatic heterocycles. The third-order valence-corrected chi connectivity index (χ3v) is 4.57. The number of oxime groups is 1. The van der Waals surface area contributed by atoms with Gasteiger partial charge in [0, 0.05) is 12.5 Å². The van der Waals surface area contributed by atoms with Crippen LogP contribution in [0.5, 0.6) is 0 Å². The van der Waals surface area contributed by atoms with Crippen LogP contribution in [0.25, 0.3) is 0 Å². The van der Waals surface area contributed by atoms with Gasteiger partial charge in [-0.1, -0.05) is 5.16 Å². The minimum Gasteiger partial charge on any atom is -0.398 e. The van der Waals surface area contributed by atoms with Crippen LogP contribution in [0.4, 0.5) is 5.13 Å². The van der Waals surface area contributed by atoms with E-state index < -0.39 is 34.4 Å². The Bertz CT molecular complexity index is 804. The van der Waals surface area contributed by atoms with Gasteiger partial charge in [-0.3, -0.25) is 14.1 Å². The van der Waals surface area contributed by atoms with Crippen molar-refractivity contribution < 1.29 is 32.1 Å². The molecule has 0 radical (unpaired) electrons. The maximum Gasteiger partial charge on any atom is 0.362 e. The second-order valence-corrected chi connectivity index (χ2v) is 6.69. The number of amides is 2. The number of nitrogen functional groups attached to an aromatic ring is 1. The van der Waals surface area contributed by atoms with Crippen LogP contribution in [0.1, 0.15) is 5.69 Å². The first-order valence-electron chi connectivity index (χ1n) is 6.14. The number of β-lactam (4-membered cyclic amide) rings is 1. The maximum atomic E-state index is 12.4. The van der Waals surface area contributed by atoms with E-state index in [1.54, 1.807) is 0 Å². The number of ether oxygens (including phenoxy) is 1. The van der Waals surface area contributed by atoms with Gasteiger partial charge in [0.25, 0.3) is 11.8 Å². The second-order valence-electron chi connectivity index (χ2n) is 4.47. The number of rotatable bonds is 6. The van der Waals surface area contributed by atoms with Gasteiger partial charge in [0.1, 0.15) is 12.8 Å². The predicted molar refractivity (Wildman–Crippen MR) is 81.2 cm³/mol. The molecule has 0 aliphatic carbocycles. The molecule has 1 aromatic heterocycles. The van der Waals surface area contributed by atoms with E-state index in [9.17, 15) is 18.0 Å². The van der Waals surface area contributed by atoms with Crippen LogP contribution in [-0.4, -0.2) is 66.3 Å². The molecular weight excluding hydrogens is 366 g/mol. The first kappa shape index (κ1) is 18.1. The summed E-state index contributed by atoms with van der Waals surface area (Å²) in [6.45, 7) is -0.605. The Morgan fingerprint density at radius 3 is 2.67 bits per heavy atom. The van der Waals surface area contributed by atoms with E-state index in [0.29, 0.717) is 0 Å². The van der Waals surface area contributed by atoms with Crippen LogP contribution in [0, 0.1) is 0 Å². The van der Waals surface area contributed by atoms with Crippen molar-refractivity contribution >= 4 is 44.3 Å². The van der Waals surface area contributed by atoms with Crippen molar-refractivity contribution in [3.63, 3.8) is 0 Å². The van der Waals surface area contributed by atoms with Crippen molar-refractivity contribution in [2.75, 3.05) is 26.5 Å². The number of thiazole rings is 1. The van der Waals surface area contributed by atoms with Gasteiger partial charge in [0.15, 0.2) is 10.8 Å². The molecule has 2 heterocycles. The normalized spacial score (nSPS) is 21.4. The Hall–Kier alpha value is -2.29. The van der Waals surface area contributed by atoms with E-state index in [4.69, 9.17) is 15.0 Å². The van der Waals surface area contributed by atoms with Gasteiger partial charge >= 0.3 is 10.3 Å². The molecule has 14 heteroatoms. The molecule has 1 unspecified atom stereocenters. The SMILES string of the molecule is CON=C(C(=O)NC1(OC)CN(S(=O)(=O)O)C1=O)c1csc(N)n1. The zero-order chi connectivity index (χ0) is 18.1. The molecule has 12 nitrogen and oxygen atoms in total. The number of hydrogen-bond donors (Lipinski definition) is 3. The number of hydrogen-bond acceptors (Lipinski definition) is 10. The number of nitrogens with zero attached hydrogens (tertiary/aromatic N) is 3. The Balaban J connectivity index is 2.23.